The zero-order valence-corrected chi connectivity index (χ0v) is 11.1. The third-order valence-electron chi connectivity index (χ3n) is 2.54. The van der Waals surface area contributed by atoms with Crippen LogP contribution in [0.25, 0.3) is 10.9 Å². The molecule has 94 valence electrons. The van der Waals surface area contributed by atoms with Crippen LogP contribution in [0, 0.1) is 10.1 Å². The van der Waals surface area contributed by atoms with Gasteiger partial charge in [0.25, 0.3) is 11.2 Å². The maximum Gasteiger partial charge on any atom is 0.273 e. The molecule has 2 rings (SSSR count). The van der Waals surface area contributed by atoms with Crippen molar-refractivity contribution in [2.45, 2.75) is 18.2 Å². The Hall–Kier alpha value is -1.76. The van der Waals surface area contributed by atoms with Crippen molar-refractivity contribution >= 4 is 32.5 Å². The number of nitro benzene ring substituents is 1. The second-order valence-corrected chi connectivity index (χ2v) is 5.53. The van der Waals surface area contributed by atoms with Crippen molar-refractivity contribution in [3.63, 3.8) is 0 Å². The van der Waals surface area contributed by atoms with E-state index >= 15 is 0 Å². The Kier molecular flexibility index (Phi) is 3.42. The average molecular weight is 312 g/mol. The van der Waals surface area contributed by atoms with Gasteiger partial charge in [-0.1, -0.05) is 22.9 Å². The molecule has 1 aromatic carbocycles. The average Bonchev–Trinajstić information content (AvgIpc) is 2.27. The Morgan fingerprint density at radius 1 is 1.56 bits per heavy atom. The van der Waals surface area contributed by atoms with E-state index in [0.717, 1.165) is 0 Å². The summed E-state index contributed by atoms with van der Waals surface area (Å²) >= 11 is 3.36. The molecule has 0 aliphatic heterocycles. The van der Waals surface area contributed by atoms with E-state index in [1.807, 2.05) is 6.92 Å². The van der Waals surface area contributed by atoms with Gasteiger partial charge in [0, 0.05) is 16.5 Å². The van der Waals surface area contributed by atoms with E-state index < -0.39 is 4.92 Å². The Morgan fingerprint density at radius 3 is 2.89 bits per heavy atom. The molecule has 2 aromatic rings. The van der Waals surface area contributed by atoms with Crippen LogP contribution in [0.5, 0.6) is 0 Å². The molecule has 18 heavy (non-hydrogen) atoms. The summed E-state index contributed by atoms with van der Waals surface area (Å²) in [5.41, 5.74) is 0.608. The van der Waals surface area contributed by atoms with Crippen LogP contribution < -0.4 is 5.56 Å². The fourth-order valence-corrected chi connectivity index (χ4v) is 2.13. The third-order valence-corrected chi connectivity index (χ3v) is 2.86. The standard InChI is InChI=1S/C11H10BrN3O3/c1-6(12)2-7-3-9-8(4-10(7)15(17)18)11(16)14-5-13-9/h3-6H,2H2,1H3,(H,13,14,16). The van der Waals surface area contributed by atoms with Gasteiger partial charge < -0.3 is 4.98 Å². The smallest absolute Gasteiger partial charge is 0.273 e. The van der Waals surface area contributed by atoms with Gasteiger partial charge in [-0.25, -0.2) is 4.98 Å². The van der Waals surface area contributed by atoms with Gasteiger partial charge in [0.2, 0.25) is 0 Å². The van der Waals surface area contributed by atoms with Gasteiger partial charge in [0.15, 0.2) is 0 Å². The van der Waals surface area contributed by atoms with Crippen LogP contribution in [-0.2, 0) is 6.42 Å². The minimum atomic E-state index is -0.476. The summed E-state index contributed by atoms with van der Waals surface area (Å²) in [5, 5.41) is 11.2. The molecular weight excluding hydrogens is 302 g/mol. The van der Waals surface area contributed by atoms with Gasteiger partial charge in [-0.3, -0.25) is 14.9 Å². The van der Waals surface area contributed by atoms with Crippen molar-refractivity contribution in [3.8, 4) is 0 Å². The van der Waals surface area contributed by atoms with Crippen LogP contribution in [0.4, 0.5) is 5.69 Å². The number of aromatic amines is 1. The van der Waals surface area contributed by atoms with E-state index in [1.165, 1.54) is 12.4 Å². The molecule has 0 amide bonds. The van der Waals surface area contributed by atoms with Gasteiger partial charge >= 0.3 is 0 Å². The molecule has 0 fully saturated rings. The van der Waals surface area contributed by atoms with Crippen molar-refractivity contribution in [3.05, 3.63) is 44.5 Å². The summed E-state index contributed by atoms with van der Waals surface area (Å²) in [6.45, 7) is 1.90. The van der Waals surface area contributed by atoms with Crippen LogP contribution in [0.2, 0.25) is 0 Å². The Labute approximate surface area is 110 Å². The second kappa shape index (κ2) is 4.85. The lowest BCUT2D eigenvalue weighted by molar-refractivity contribution is -0.385. The highest BCUT2D eigenvalue weighted by Gasteiger charge is 2.18. The van der Waals surface area contributed by atoms with E-state index in [1.54, 1.807) is 6.07 Å². The number of H-pyrrole nitrogens is 1. The van der Waals surface area contributed by atoms with Crippen molar-refractivity contribution in [2.24, 2.45) is 0 Å². The molecule has 6 nitrogen and oxygen atoms in total. The number of hydrogen-bond donors (Lipinski definition) is 1. The van der Waals surface area contributed by atoms with Crippen molar-refractivity contribution in [2.75, 3.05) is 0 Å². The van der Waals surface area contributed by atoms with Crippen LogP contribution >= 0.6 is 15.9 Å². The zero-order chi connectivity index (χ0) is 13.3. The van der Waals surface area contributed by atoms with Gasteiger partial charge in [-0.15, -0.1) is 0 Å². The Morgan fingerprint density at radius 2 is 2.28 bits per heavy atom. The fraction of sp³-hybridized carbons (Fsp3) is 0.273. The summed E-state index contributed by atoms with van der Waals surface area (Å²) in [5.74, 6) is 0. The summed E-state index contributed by atoms with van der Waals surface area (Å²) in [6, 6.07) is 2.88. The van der Waals surface area contributed by atoms with E-state index in [-0.39, 0.29) is 21.5 Å². The Bertz CT molecular complexity index is 666. The highest BCUT2D eigenvalue weighted by molar-refractivity contribution is 9.09. The number of nitro groups is 1. The lowest BCUT2D eigenvalue weighted by atomic mass is 10.1. The van der Waals surface area contributed by atoms with Crippen molar-refractivity contribution in [1.82, 2.24) is 9.97 Å². The molecule has 1 heterocycles. The maximum absolute atomic E-state index is 11.6. The summed E-state index contributed by atoms with van der Waals surface area (Å²) in [7, 11) is 0. The first-order chi connectivity index (χ1) is 8.49. The topological polar surface area (TPSA) is 88.9 Å². The number of benzene rings is 1. The molecule has 1 atom stereocenters. The lowest BCUT2D eigenvalue weighted by Gasteiger charge is -2.06. The van der Waals surface area contributed by atoms with Crippen molar-refractivity contribution < 1.29 is 4.92 Å². The monoisotopic (exact) mass is 311 g/mol. The minimum Gasteiger partial charge on any atom is -0.313 e. The number of alkyl halides is 1. The first-order valence-electron chi connectivity index (χ1n) is 5.28. The quantitative estimate of drug-likeness (QED) is 0.534. The molecule has 1 aromatic heterocycles. The van der Waals surface area contributed by atoms with Crippen molar-refractivity contribution in [1.29, 1.82) is 0 Å². The summed E-state index contributed by atoms with van der Waals surface area (Å²) < 4.78 is 0. The molecular formula is C11H10BrN3O3. The SMILES string of the molecule is CC(Br)Cc1cc2nc[nH]c(=O)c2cc1[N+](=O)[O-]. The van der Waals surface area contributed by atoms with Crippen LogP contribution in [-0.4, -0.2) is 19.7 Å². The first kappa shape index (κ1) is 12.7. The zero-order valence-electron chi connectivity index (χ0n) is 9.51. The number of hydrogen-bond acceptors (Lipinski definition) is 4. The molecule has 0 radical (unpaired) electrons. The molecule has 0 spiro atoms. The highest BCUT2D eigenvalue weighted by Crippen LogP contribution is 2.25. The fourth-order valence-electron chi connectivity index (χ4n) is 1.78. The van der Waals surface area contributed by atoms with Crippen LogP contribution in [0.15, 0.2) is 23.3 Å². The van der Waals surface area contributed by atoms with Gasteiger partial charge in [-0.05, 0) is 12.5 Å². The highest BCUT2D eigenvalue weighted by atomic mass is 79.9. The third kappa shape index (κ3) is 2.40. The van der Waals surface area contributed by atoms with Crippen LogP contribution in [0.1, 0.15) is 12.5 Å². The molecule has 0 aliphatic carbocycles. The number of nitrogens with zero attached hydrogens (tertiary/aromatic N) is 2. The summed E-state index contributed by atoms with van der Waals surface area (Å²) in [4.78, 5) is 28.6. The molecule has 0 bridgehead atoms. The van der Waals surface area contributed by atoms with Gasteiger partial charge in [0.1, 0.15) is 0 Å². The van der Waals surface area contributed by atoms with E-state index in [9.17, 15) is 14.9 Å². The largest absolute Gasteiger partial charge is 0.313 e. The summed E-state index contributed by atoms with van der Waals surface area (Å²) in [6.07, 6.45) is 1.79. The predicted molar refractivity (Wildman–Crippen MR) is 71.1 cm³/mol. The van der Waals surface area contributed by atoms with Gasteiger partial charge in [0.05, 0.1) is 22.2 Å². The first-order valence-corrected chi connectivity index (χ1v) is 6.19. The minimum absolute atomic E-state index is 0.0488. The predicted octanol–water partition coefficient (Wildman–Crippen LogP) is 2.16. The number of fused-ring (bicyclic) bond motifs is 1. The molecule has 1 N–H and O–H groups in total. The molecule has 0 saturated heterocycles. The van der Waals surface area contributed by atoms with Gasteiger partial charge in [-0.2, -0.15) is 0 Å². The number of halogens is 1. The Balaban J connectivity index is 2.72. The van der Waals surface area contributed by atoms with Crippen LogP contribution in [0.3, 0.4) is 0 Å². The number of rotatable bonds is 3. The van der Waals surface area contributed by atoms with E-state index in [4.69, 9.17) is 0 Å². The maximum atomic E-state index is 11.6. The van der Waals surface area contributed by atoms with E-state index in [2.05, 4.69) is 25.9 Å². The van der Waals surface area contributed by atoms with E-state index in [0.29, 0.717) is 17.5 Å². The second-order valence-electron chi connectivity index (χ2n) is 3.97. The molecule has 0 saturated carbocycles. The molecule has 7 heteroatoms. The number of aromatic nitrogens is 2. The molecule has 1 unspecified atom stereocenters. The molecule has 0 aliphatic rings. The normalized spacial score (nSPS) is 12.6. The lowest BCUT2D eigenvalue weighted by Crippen LogP contribution is -2.09. The number of nitrogens with one attached hydrogen (secondary N) is 1.